The van der Waals surface area contributed by atoms with E-state index in [9.17, 15) is 4.79 Å². The fourth-order valence-electron chi connectivity index (χ4n) is 2.58. The first-order chi connectivity index (χ1) is 9.08. The van der Waals surface area contributed by atoms with Crippen LogP contribution in [0.5, 0.6) is 5.75 Å². The molecule has 1 unspecified atom stereocenters. The SMILES string of the molecule is CN(C)C(CCCC(=O)O)c1ccc2c(c1)CCO2. The number of aliphatic carboxylic acids is 1. The fourth-order valence-corrected chi connectivity index (χ4v) is 2.58. The molecule has 0 aromatic heterocycles. The molecule has 2 rings (SSSR count). The van der Waals surface area contributed by atoms with Gasteiger partial charge in [-0.15, -0.1) is 0 Å². The van der Waals surface area contributed by atoms with Gasteiger partial charge in [-0.25, -0.2) is 0 Å². The molecule has 1 aliphatic rings. The highest BCUT2D eigenvalue weighted by Gasteiger charge is 2.18. The number of carboxylic acid groups (broad SMARTS) is 1. The quantitative estimate of drug-likeness (QED) is 0.856. The molecular formula is C15H21NO3. The minimum atomic E-state index is -0.722. The number of carboxylic acids is 1. The van der Waals surface area contributed by atoms with Crippen molar-refractivity contribution < 1.29 is 14.6 Å². The molecule has 19 heavy (non-hydrogen) atoms. The Morgan fingerprint density at radius 1 is 1.47 bits per heavy atom. The van der Waals surface area contributed by atoms with Gasteiger partial charge in [0.1, 0.15) is 5.75 Å². The number of benzene rings is 1. The lowest BCUT2D eigenvalue weighted by molar-refractivity contribution is -0.137. The first kappa shape index (κ1) is 13.9. The zero-order valence-electron chi connectivity index (χ0n) is 11.6. The second-order valence-corrected chi connectivity index (χ2v) is 5.23. The Bertz CT molecular complexity index is 457. The summed E-state index contributed by atoms with van der Waals surface area (Å²) in [5.41, 5.74) is 2.52. The van der Waals surface area contributed by atoms with Gasteiger partial charge in [-0.1, -0.05) is 12.1 Å². The van der Waals surface area contributed by atoms with Crippen LogP contribution in [0.2, 0.25) is 0 Å². The molecule has 1 aliphatic heterocycles. The van der Waals surface area contributed by atoms with Gasteiger partial charge in [0.15, 0.2) is 0 Å². The average molecular weight is 263 g/mol. The Balaban J connectivity index is 2.08. The fraction of sp³-hybridized carbons (Fsp3) is 0.533. The number of fused-ring (bicyclic) bond motifs is 1. The molecule has 4 nitrogen and oxygen atoms in total. The van der Waals surface area contributed by atoms with E-state index in [1.165, 1.54) is 11.1 Å². The van der Waals surface area contributed by atoms with Crippen LogP contribution < -0.4 is 4.74 Å². The number of carbonyl (C=O) groups is 1. The molecule has 0 radical (unpaired) electrons. The highest BCUT2D eigenvalue weighted by atomic mass is 16.5. The van der Waals surface area contributed by atoms with Crippen molar-refractivity contribution in [3.63, 3.8) is 0 Å². The summed E-state index contributed by atoms with van der Waals surface area (Å²) in [6.45, 7) is 0.768. The minimum Gasteiger partial charge on any atom is -0.493 e. The molecule has 0 bridgehead atoms. The second-order valence-electron chi connectivity index (χ2n) is 5.23. The van der Waals surface area contributed by atoms with Crippen LogP contribution in [-0.2, 0) is 11.2 Å². The summed E-state index contributed by atoms with van der Waals surface area (Å²) in [4.78, 5) is 12.8. The molecule has 0 saturated carbocycles. The molecule has 1 N–H and O–H groups in total. The largest absolute Gasteiger partial charge is 0.493 e. The standard InChI is InChI=1S/C15H21NO3/c1-16(2)13(4-3-5-15(17)18)11-6-7-14-12(10-11)8-9-19-14/h6-7,10,13H,3-5,8-9H2,1-2H3,(H,17,18). The van der Waals surface area contributed by atoms with Gasteiger partial charge in [0.25, 0.3) is 0 Å². The molecule has 1 aromatic rings. The number of nitrogens with zero attached hydrogens (tertiary/aromatic N) is 1. The molecule has 4 heteroatoms. The number of rotatable bonds is 6. The molecule has 0 fully saturated rings. The van der Waals surface area contributed by atoms with Crippen LogP contribution in [-0.4, -0.2) is 36.7 Å². The van der Waals surface area contributed by atoms with Crippen molar-refractivity contribution in [1.82, 2.24) is 4.90 Å². The molecule has 0 amide bonds. The molecule has 104 valence electrons. The monoisotopic (exact) mass is 263 g/mol. The lowest BCUT2D eigenvalue weighted by Gasteiger charge is -2.25. The summed E-state index contributed by atoms with van der Waals surface area (Å²) in [5, 5.41) is 8.73. The van der Waals surface area contributed by atoms with Crippen molar-refractivity contribution in [2.45, 2.75) is 31.7 Å². The van der Waals surface area contributed by atoms with Crippen LogP contribution in [0.1, 0.15) is 36.4 Å². The summed E-state index contributed by atoms with van der Waals surface area (Å²) in [6, 6.07) is 6.60. The van der Waals surface area contributed by atoms with Crippen molar-refractivity contribution in [3.8, 4) is 5.75 Å². The second kappa shape index (κ2) is 6.06. The molecule has 1 heterocycles. The van der Waals surface area contributed by atoms with Gasteiger partial charge in [-0.05, 0) is 44.1 Å². The van der Waals surface area contributed by atoms with Gasteiger partial charge in [0.05, 0.1) is 6.61 Å². The third-order valence-corrected chi connectivity index (χ3v) is 3.59. The van der Waals surface area contributed by atoms with Crippen LogP contribution in [0.4, 0.5) is 0 Å². The number of hydrogen-bond donors (Lipinski definition) is 1. The van der Waals surface area contributed by atoms with E-state index in [1.54, 1.807) is 0 Å². The Morgan fingerprint density at radius 3 is 2.95 bits per heavy atom. The maximum absolute atomic E-state index is 10.6. The predicted octanol–water partition coefficient (Wildman–Crippen LogP) is 2.48. The van der Waals surface area contributed by atoms with Crippen LogP contribution in [0.25, 0.3) is 0 Å². The highest BCUT2D eigenvalue weighted by Crippen LogP contribution is 2.31. The first-order valence-corrected chi connectivity index (χ1v) is 6.72. The van der Waals surface area contributed by atoms with Crippen molar-refractivity contribution in [2.75, 3.05) is 20.7 Å². The lowest BCUT2D eigenvalue weighted by atomic mass is 9.97. The molecular weight excluding hydrogens is 242 g/mol. The Kier molecular flexibility index (Phi) is 4.43. The van der Waals surface area contributed by atoms with Gasteiger partial charge in [-0.3, -0.25) is 4.79 Å². The highest BCUT2D eigenvalue weighted by molar-refractivity contribution is 5.66. The number of hydrogen-bond acceptors (Lipinski definition) is 3. The molecule has 0 spiro atoms. The first-order valence-electron chi connectivity index (χ1n) is 6.72. The predicted molar refractivity (Wildman–Crippen MR) is 73.6 cm³/mol. The van der Waals surface area contributed by atoms with Crippen LogP contribution >= 0.6 is 0 Å². The van der Waals surface area contributed by atoms with Gasteiger partial charge in [0, 0.05) is 18.9 Å². The van der Waals surface area contributed by atoms with Gasteiger partial charge in [-0.2, -0.15) is 0 Å². The Hall–Kier alpha value is -1.55. The minimum absolute atomic E-state index is 0.235. The summed E-state index contributed by atoms with van der Waals surface area (Å²) in [7, 11) is 4.07. The zero-order chi connectivity index (χ0) is 13.8. The molecule has 0 saturated heterocycles. The number of ether oxygens (including phenoxy) is 1. The molecule has 0 aliphatic carbocycles. The zero-order valence-corrected chi connectivity index (χ0v) is 11.6. The average Bonchev–Trinajstić information content (AvgIpc) is 2.80. The summed E-state index contributed by atoms with van der Waals surface area (Å²) in [6.07, 6.45) is 2.77. The van der Waals surface area contributed by atoms with Gasteiger partial charge < -0.3 is 14.7 Å². The summed E-state index contributed by atoms with van der Waals surface area (Å²) in [5.74, 6) is 0.270. The van der Waals surface area contributed by atoms with Crippen LogP contribution in [0, 0.1) is 0 Å². The van der Waals surface area contributed by atoms with E-state index < -0.39 is 5.97 Å². The van der Waals surface area contributed by atoms with E-state index in [0.717, 1.165) is 25.2 Å². The third kappa shape index (κ3) is 3.47. The van der Waals surface area contributed by atoms with Crippen molar-refractivity contribution >= 4 is 5.97 Å². The summed E-state index contributed by atoms with van der Waals surface area (Å²) < 4.78 is 5.51. The van der Waals surface area contributed by atoms with E-state index in [0.29, 0.717) is 6.42 Å². The van der Waals surface area contributed by atoms with E-state index in [-0.39, 0.29) is 12.5 Å². The Morgan fingerprint density at radius 2 is 2.26 bits per heavy atom. The molecule has 1 atom stereocenters. The van der Waals surface area contributed by atoms with Crippen molar-refractivity contribution in [2.24, 2.45) is 0 Å². The van der Waals surface area contributed by atoms with Crippen LogP contribution in [0.3, 0.4) is 0 Å². The molecule has 1 aromatic carbocycles. The van der Waals surface area contributed by atoms with E-state index in [4.69, 9.17) is 9.84 Å². The van der Waals surface area contributed by atoms with Crippen LogP contribution in [0.15, 0.2) is 18.2 Å². The summed E-state index contributed by atoms with van der Waals surface area (Å²) >= 11 is 0. The van der Waals surface area contributed by atoms with Crippen molar-refractivity contribution in [1.29, 1.82) is 0 Å². The van der Waals surface area contributed by atoms with Crippen molar-refractivity contribution in [3.05, 3.63) is 29.3 Å². The third-order valence-electron chi connectivity index (χ3n) is 3.59. The lowest BCUT2D eigenvalue weighted by Crippen LogP contribution is -2.20. The Labute approximate surface area is 114 Å². The van der Waals surface area contributed by atoms with E-state index >= 15 is 0 Å². The van der Waals surface area contributed by atoms with Gasteiger partial charge in [0.2, 0.25) is 0 Å². The maximum atomic E-state index is 10.6. The maximum Gasteiger partial charge on any atom is 0.303 e. The smallest absolute Gasteiger partial charge is 0.303 e. The van der Waals surface area contributed by atoms with E-state index in [2.05, 4.69) is 17.0 Å². The normalized spacial score (nSPS) is 15.1. The van der Waals surface area contributed by atoms with Gasteiger partial charge >= 0.3 is 5.97 Å². The van der Waals surface area contributed by atoms with E-state index in [1.807, 2.05) is 20.2 Å². The topological polar surface area (TPSA) is 49.8 Å².